The predicted molar refractivity (Wildman–Crippen MR) is 59.4 cm³/mol. The summed E-state index contributed by atoms with van der Waals surface area (Å²) < 4.78 is 0. The van der Waals surface area contributed by atoms with Crippen molar-refractivity contribution in [2.24, 2.45) is 5.73 Å². The van der Waals surface area contributed by atoms with E-state index in [4.69, 9.17) is 22.7 Å². The first kappa shape index (κ1) is 9.34. The minimum Gasteiger partial charge on any atom is -0.384 e. The van der Waals surface area contributed by atoms with E-state index in [1.165, 1.54) is 5.56 Å². The number of nitrogen functional groups attached to an aromatic ring is 1. The molecular weight excluding hydrogens is 198 g/mol. The molecule has 2 rings (SSSR count). The summed E-state index contributed by atoms with van der Waals surface area (Å²) in [7, 11) is 2.02. The molecule has 0 aliphatic carbocycles. The van der Waals surface area contributed by atoms with E-state index in [9.17, 15) is 0 Å². The molecule has 1 heterocycles. The van der Waals surface area contributed by atoms with Crippen molar-refractivity contribution < 1.29 is 0 Å². The van der Waals surface area contributed by atoms with Gasteiger partial charge in [-0.3, -0.25) is 5.41 Å². The number of fused-ring (bicyclic) bond motifs is 1. The Bertz CT molecular complexity index is 401. The molecule has 0 aromatic heterocycles. The number of halogens is 1. The van der Waals surface area contributed by atoms with Crippen LogP contribution in [0, 0.1) is 5.41 Å². The zero-order valence-electron chi connectivity index (χ0n) is 7.97. The first-order valence-electron chi connectivity index (χ1n) is 4.47. The Morgan fingerprint density at radius 3 is 2.93 bits per heavy atom. The zero-order valence-corrected chi connectivity index (χ0v) is 8.73. The summed E-state index contributed by atoms with van der Waals surface area (Å²) in [6.07, 6.45) is 0.979. The first-order valence-corrected chi connectivity index (χ1v) is 4.85. The number of benzene rings is 1. The molecule has 0 spiro atoms. The molecule has 1 aromatic carbocycles. The highest BCUT2D eigenvalue weighted by atomic mass is 35.5. The summed E-state index contributed by atoms with van der Waals surface area (Å²) in [6.45, 7) is 0.983. The summed E-state index contributed by atoms with van der Waals surface area (Å²) >= 11 is 6.12. The standard InChI is InChI=1S/C10H12ClN3/c1-14-3-2-6-4-7(10(12)13)5-8(11)9(6)14/h4-5H,2-3H2,1H3,(H3,12,13). The molecule has 0 bridgehead atoms. The van der Waals surface area contributed by atoms with E-state index < -0.39 is 0 Å². The van der Waals surface area contributed by atoms with Crippen LogP contribution in [0.25, 0.3) is 0 Å². The number of anilines is 1. The fourth-order valence-electron chi connectivity index (χ4n) is 1.83. The van der Waals surface area contributed by atoms with Crippen molar-refractivity contribution >= 4 is 23.1 Å². The second kappa shape index (κ2) is 3.17. The monoisotopic (exact) mass is 209 g/mol. The van der Waals surface area contributed by atoms with E-state index in [-0.39, 0.29) is 5.84 Å². The average molecular weight is 210 g/mol. The second-order valence-electron chi connectivity index (χ2n) is 3.55. The van der Waals surface area contributed by atoms with Gasteiger partial charge in [-0.25, -0.2) is 0 Å². The Morgan fingerprint density at radius 1 is 1.57 bits per heavy atom. The number of hydrogen-bond donors (Lipinski definition) is 2. The highest BCUT2D eigenvalue weighted by Gasteiger charge is 2.20. The van der Waals surface area contributed by atoms with E-state index in [0.29, 0.717) is 10.6 Å². The normalized spacial score (nSPS) is 14.3. The Hall–Kier alpha value is -1.22. The maximum atomic E-state index is 7.35. The molecule has 14 heavy (non-hydrogen) atoms. The lowest BCUT2D eigenvalue weighted by Crippen LogP contribution is -2.14. The maximum absolute atomic E-state index is 7.35. The lowest BCUT2D eigenvalue weighted by molar-refractivity contribution is 0.956. The molecule has 3 N–H and O–H groups in total. The first-order chi connectivity index (χ1) is 6.59. The van der Waals surface area contributed by atoms with Crippen molar-refractivity contribution in [2.45, 2.75) is 6.42 Å². The van der Waals surface area contributed by atoms with Crippen LogP contribution < -0.4 is 10.6 Å². The lowest BCUT2D eigenvalue weighted by Gasteiger charge is -2.14. The number of nitrogens with two attached hydrogens (primary N) is 1. The predicted octanol–water partition coefficient (Wildman–Crippen LogP) is 1.62. The van der Waals surface area contributed by atoms with Crippen molar-refractivity contribution in [3.63, 3.8) is 0 Å². The van der Waals surface area contributed by atoms with Gasteiger partial charge in [0, 0.05) is 19.2 Å². The molecule has 0 saturated heterocycles. The van der Waals surface area contributed by atoms with Crippen molar-refractivity contribution in [1.82, 2.24) is 0 Å². The fraction of sp³-hybridized carbons (Fsp3) is 0.300. The Kier molecular flexibility index (Phi) is 2.11. The third-order valence-corrected chi connectivity index (χ3v) is 2.84. The second-order valence-corrected chi connectivity index (χ2v) is 3.96. The van der Waals surface area contributed by atoms with E-state index in [2.05, 4.69) is 4.90 Å². The van der Waals surface area contributed by atoms with Crippen molar-refractivity contribution in [3.05, 3.63) is 28.3 Å². The van der Waals surface area contributed by atoms with E-state index >= 15 is 0 Å². The third-order valence-electron chi connectivity index (χ3n) is 2.55. The summed E-state index contributed by atoms with van der Waals surface area (Å²) in [5.41, 5.74) is 8.40. The van der Waals surface area contributed by atoms with Crippen LogP contribution in [0.2, 0.25) is 5.02 Å². The van der Waals surface area contributed by atoms with Gasteiger partial charge in [-0.05, 0) is 24.1 Å². The van der Waals surface area contributed by atoms with Crippen LogP contribution >= 0.6 is 11.6 Å². The number of nitrogens with one attached hydrogen (secondary N) is 1. The van der Waals surface area contributed by atoms with Crippen LogP contribution in [0.1, 0.15) is 11.1 Å². The lowest BCUT2D eigenvalue weighted by atomic mass is 10.1. The van der Waals surface area contributed by atoms with Crippen LogP contribution in [0.3, 0.4) is 0 Å². The smallest absolute Gasteiger partial charge is 0.122 e. The number of hydrogen-bond acceptors (Lipinski definition) is 2. The summed E-state index contributed by atoms with van der Waals surface area (Å²) in [5.74, 6) is 0.0734. The summed E-state index contributed by atoms with van der Waals surface area (Å²) in [5, 5.41) is 8.04. The Labute approximate surface area is 88.0 Å². The zero-order chi connectivity index (χ0) is 10.3. The molecular formula is C10H12ClN3. The van der Waals surface area contributed by atoms with Gasteiger partial charge in [0.1, 0.15) is 5.84 Å². The van der Waals surface area contributed by atoms with Gasteiger partial charge >= 0.3 is 0 Å². The van der Waals surface area contributed by atoms with Crippen LogP contribution in [-0.2, 0) is 6.42 Å². The quantitative estimate of drug-likeness (QED) is 0.546. The van der Waals surface area contributed by atoms with E-state index in [0.717, 1.165) is 18.7 Å². The molecule has 0 radical (unpaired) electrons. The molecule has 4 heteroatoms. The molecule has 0 saturated carbocycles. The molecule has 1 aliphatic heterocycles. The highest BCUT2D eigenvalue weighted by molar-refractivity contribution is 6.34. The molecule has 0 unspecified atom stereocenters. The molecule has 1 aliphatic rings. The largest absolute Gasteiger partial charge is 0.384 e. The fourth-order valence-corrected chi connectivity index (χ4v) is 2.21. The van der Waals surface area contributed by atoms with Crippen LogP contribution in [0.4, 0.5) is 5.69 Å². The number of nitrogens with zero attached hydrogens (tertiary/aromatic N) is 1. The molecule has 0 amide bonds. The topological polar surface area (TPSA) is 53.1 Å². The molecule has 0 fully saturated rings. The number of amidine groups is 1. The minimum absolute atomic E-state index is 0.0734. The van der Waals surface area contributed by atoms with Gasteiger partial charge in [-0.2, -0.15) is 0 Å². The molecule has 74 valence electrons. The van der Waals surface area contributed by atoms with E-state index in [1.54, 1.807) is 6.07 Å². The third kappa shape index (κ3) is 1.34. The molecule has 0 atom stereocenters. The Balaban J connectivity index is 2.57. The number of likely N-dealkylation sites (N-methyl/N-ethyl adjacent to an activating group) is 1. The van der Waals surface area contributed by atoms with Crippen molar-refractivity contribution in [2.75, 3.05) is 18.5 Å². The summed E-state index contributed by atoms with van der Waals surface area (Å²) in [6, 6.07) is 3.71. The number of rotatable bonds is 1. The van der Waals surface area contributed by atoms with Gasteiger partial charge in [0.2, 0.25) is 0 Å². The van der Waals surface area contributed by atoms with Gasteiger partial charge in [0.05, 0.1) is 10.7 Å². The van der Waals surface area contributed by atoms with Crippen molar-refractivity contribution in [3.8, 4) is 0 Å². The minimum atomic E-state index is 0.0734. The van der Waals surface area contributed by atoms with Crippen LogP contribution in [0.15, 0.2) is 12.1 Å². The van der Waals surface area contributed by atoms with Crippen molar-refractivity contribution in [1.29, 1.82) is 5.41 Å². The van der Waals surface area contributed by atoms with Gasteiger partial charge in [-0.1, -0.05) is 11.6 Å². The average Bonchev–Trinajstić information content (AvgIpc) is 2.48. The SMILES string of the molecule is CN1CCc2cc(C(=N)N)cc(Cl)c21. The van der Waals surface area contributed by atoms with Gasteiger partial charge in [0.25, 0.3) is 0 Å². The van der Waals surface area contributed by atoms with Gasteiger partial charge in [-0.15, -0.1) is 0 Å². The van der Waals surface area contributed by atoms with Gasteiger partial charge < -0.3 is 10.6 Å². The van der Waals surface area contributed by atoms with Crippen LogP contribution in [0.5, 0.6) is 0 Å². The van der Waals surface area contributed by atoms with E-state index in [1.807, 2.05) is 13.1 Å². The Morgan fingerprint density at radius 2 is 2.29 bits per heavy atom. The highest BCUT2D eigenvalue weighted by Crippen LogP contribution is 2.35. The molecule has 1 aromatic rings. The van der Waals surface area contributed by atoms with Gasteiger partial charge in [0.15, 0.2) is 0 Å². The summed E-state index contributed by atoms with van der Waals surface area (Å²) in [4.78, 5) is 2.13. The maximum Gasteiger partial charge on any atom is 0.122 e. The molecule has 3 nitrogen and oxygen atoms in total. The van der Waals surface area contributed by atoms with Crippen LogP contribution in [-0.4, -0.2) is 19.4 Å².